The maximum Gasteiger partial charge on any atom is 0.261 e. The van der Waals surface area contributed by atoms with Crippen LogP contribution >= 0.6 is 0 Å². The number of aromatic nitrogens is 1. The second kappa shape index (κ2) is 7.31. The zero-order valence-corrected chi connectivity index (χ0v) is 13.4. The van der Waals surface area contributed by atoms with Crippen molar-refractivity contribution in [1.29, 1.82) is 0 Å². The average molecular weight is 327 g/mol. The summed E-state index contributed by atoms with van der Waals surface area (Å²) in [5.41, 5.74) is 7.84. The summed E-state index contributed by atoms with van der Waals surface area (Å²) in [6, 6.07) is 8.69. The molecule has 0 saturated heterocycles. The molecule has 1 aliphatic carbocycles. The van der Waals surface area contributed by atoms with E-state index in [1.54, 1.807) is 30.3 Å². The van der Waals surface area contributed by atoms with Crippen LogP contribution in [0.15, 0.2) is 35.1 Å². The van der Waals surface area contributed by atoms with Gasteiger partial charge in [-0.25, -0.2) is 0 Å². The summed E-state index contributed by atoms with van der Waals surface area (Å²) in [6.07, 6.45) is 3.94. The minimum atomic E-state index is -0.403. The SMILES string of the molecule is NCCOc1ccc(NC(=O)c2cc3c([nH]c2=O)CCCC3)cc1. The highest BCUT2D eigenvalue weighted by Crippen LogP contribution is 2.20. The molecule has 6 heteroatoms. The van der Waals surface area contributed by atoms with Gasteiger partial charge in [0.1, 0.15) is 17.9 Å². The van der Waals surface area contributed by atoms with Gasteiger partial charge < -0.3 is 20.8 Å². The van der Waals surface area contributed by atoms with E-state index in [1.807, 2.05) is 0 Å². The van der Waals surface area contributed by atoms with Crippen molar-refractivity contribution >= 4 is 11.6 Å². The van der Waals surface area contributed by atoms with Crippen molar-refractivity contribution in [2.75, 3.05) is 18.5 Å². The Morgan fingerprint density at radius 2 is 1.96 bits per heavy atom. The van der Waals surface area contributed by atoms with Crippen molar-refractivity contribution in [1.82, 2.24) is 4.98 Å². The smallest absolute Gasteiger partial charge is 0.261 e. The van der Waals surface area contributed by atoms with Gasteiger partial charge >= 0.3 is 0 Å². The Hall–Kier alpha value is -2.60. The number of aryl methyl sites for hydroxylation is 2. The fourth-order valence-electron chi connectivity index (χ4n) is 2.85. The van der Waals surface area contributed by atoms with E-state index in [9.17, 15) is 9.59 Å². The van der Waals surface area contributed by atoms with E-state index >= 15 is 0 Å². The van der Waals surface area contributed by atoms with Crippen LogP contribution in [-0.4, -0.2) is 24.0 Å². The van der Waals surface area contributed by atoms with Gasteiger partial charge in [-0.05, 0) is 61.6 Å². The summed E-state index contributed by atoms with van der Waals surface area (Å²) in [5, 5.41) is 2.75. The first-order valence-electron chi connectivity index (χ1n) is 8.17. The lowest BCUT2D eigenvalue weighted by Crippen LogP contribution is -2.26. The number of carbonyl (C=O) groups is 1. The number of nitrogens with two attached hydrogens (primary N) is 1. The summed E-state index contributed by atoms with van der Waals surface area (Å²) in [6.45, 7) is 0.885. The third-order valence-corrected chi connectivity index (χ3v) is 4.08. The van der Waals surface area contributed by atoms with Crippen molar-refractivity contribution in [2.24, 2.45) is 5.73 Å². The Morgan fingerprint density at radius 1 is 1.21 bits per heavy atom. The topological polar surface area (TPSA) is 97.2 Å². The van der Waals surface area contributed by atoms with Gasteiger partial charge in [0.25, 0.3) is 11.5 Å². The number of rotatable bonds is 5. The number of hydrogen-bond donors (Lipinski definition) is 3. The van der Waals surface area contributed by atoms with E-state index in [4.69, 9.17) is 10.5 Å². The minimum Gasteiger partial charge on any atom is -0.492 e. The summed E-state index contributed by atoms with van der Waals surface area (Å²) >= 11 is 0. The standard InChI is InChI=1S/C18H21N3O3/c19-9-10-24-14-7-5-13(6-8-14)20-17(22)15-11-12-3-1-2-4-16(12)21-18(15)23/h5-8,11H,1-4,9-10,19H2,(H,20,22)(H,21,23). The van der Waals surface area contributed by atoms with E-state index in [-0.39, 0.29) is 11.1 Å². The molecule has 0 radical (unpaired) electrons. The Kier molecular flexibility index (Phi) is 4.96. The Balaban J connectivity index is 1.74. The second-order valence-corrected chi connectivity index (χ2v) is 5.84. The predicted octanol–water partition coefficient (Wildman–Crippen LogP) is 1.84. The highest BCUT2D eigenvalue weighted by Gasteiger charge is 2.17. The van der Waals surface area contributed by atoms with Crippen LogP contribution < -0.4 is 21.3 Å². The lowest BCUT2D eigenvalue weighted by molar-refractivity contribution is 0.102. The fraction of sp³-hybridized carbons (Fsp3) is 0.333. The van der Waals surface area contributed by atoms with Crippen LogP contribution in [0.25, 0.3) is 0 Å². The molecule has 1 amide bonds. The normalized spacial score (nSPS) is 13.2. The van der Waals surface area contributed by atoms with Gasteiger partial charge in [-0.1, -0.05) is 0 Å². The third-order valence-electron chi connectivity index (χ3n) is 4.08. The molecule has 6 nitrogen and oxygen atoms in total. The van der Waals surface area contributed by atoms with Crippen molar-refractivity contribution in [3.05, 3.63) is 57.5 Å². The van der Waals surface area contributed by atoms with Crippen molar-refractivity contribution in [2.45, 2.75) is 25.7 Å². The molecule has 0 bridgehead atoms. The van der Waals surface area contributed by atoms with Gasteiger partial charge in [-0.3, -0.25) is 9.59 Å². The van der Waals surface area contributed by atoms with E-state index in [0.29, 0.717) is 24.6 Å². The van der Waals surface area contributed by atoms with Crippen LogP contribution in [0.5, 0.6) is 5.75 Å². The van der Waals surface area contributed by atoms with E-state index in [1.165, 1.54) is 0 Å². The molecular formula is C18H21N3O3. The quantitative estimate of drug-likeness (QED) is 0.780. The molecule has 126 valence electrons. The lowest BCUT2D eigenvalue weighted by atomic mass is 9.95. The number of nitrogens with one attached hydrogen (secondary N) is 2. The molecule has 1 heterocycles. The summed E-state index contributed by atoms with van der Waals surface area (Å²) < 4.78 is 5.39. The van der Waals surface area contributed by atoms with Crippen molar-refractivity contribution in [3.63, 3.8) is 0 Å². The molecule has 0 atom stereocenters. The number of H-pyrrole nitrogens is 1. The van der Waals surface area contributed by atoms with Gasteiger partial charge in [0.05, 0.1) is 0 Å². The number of benzene rings is 1. The van der Waals surface area contributed by atoms with Gasteiger partial charge in [0, 0.05) is 17.9 Å². The monoisotopic (exact) mass is 327 g/mol. The third kappa shape index (κ3) is 3.65. The van der Waals surface area contributed by atoms with Crippen LogP contribution in [0.3, 0.4) is 0 Å². The molecular weight excluding hydrogens is 306 g/mol. The maximum absolute atomic E-state index is 12.4. The van der Waals surface area contributed by atoms with E-state index < -0.39 is 5.91 Å². The Bertz CT molecular complexity index is 781. The molecule has 1 aromatic carbocycles. The number of amides is 1. The molecule has 0 saturated carbocycles. The highest BCUT2D eigenvalue weighted by molar-refractivity contribution is 6.04. The van der Waals surface area contributed by atoms with Crippen LogP contribution in [0, 0.1) is 0 Å². The van der Waals surface area contributed by atoms with Crippen molar-refractivity contribution in [3.8, 4) is 5.75 Å². The van der Waals surface area contributed by atoms with Gasteiger partial charge in [0.15, 0.2) is 0 Å². The second-order valence-electron chi connectivity index (χ2n) is 5.84. The molecule has 0 aliphatic heterocycles. The predicted molar refractivity (Wildman–Crippen MR) is 92.6 cm³/mol. The van der Waals surface area contributed by atoms with Gasteiger partial charge in [0.2, 0.25) is 0 Å². The molecule has 1 aromatic heterocycles. The summed E-state index contributed by atoms with van der Waals surface area (Å²) in [7, 11) is 0. The molecule has 0 spiro atoms. The number of carbonyl (C=O) groups excluding carboxylic acids is 1. The number of pyridine rings is 1. The largest absolute Gasteiger partial charge is 0.492 e. The number of hydrogen-bond acceptors (Lipinski definition) is 4. The van der Waals surface area contributed by atoms with Crippen LogP contribution in [0.2, 0.25) is 0 Å². The molecule has 1 aliphatic rings. The van der Waals surface area contributed by atoms with Crippen LogP contribution in [-0.2, 0) is 12.8 Å². The Labute approximate surface area is 140 Å². The van der Waals surface area contributed by atoms with Gasteiger partial charge in [-0.15, -0.1) is 0 Å². The maximum atomic E-state index is 12.4. The van der Waals surface area contributed by atoms with Crippen molar-refractivity contribution < 1.29 is 9.53 Å². The zero-order chi connectivity index (χ0) is 16.9. The molecule has 4 N–H and O–H groups in total. The average Bonchev–Trinajstić information content (AvgIpc) is 2.60. The van der Waals surface area contributed by atoms with E-state index in [0.717, 1.165) is 36.9 Å². The molecule has 24 heavy (non-hydrogen) atoms. The molecule has 2 aromatic rings. The van der Waals surface area contributed by atoms with Crippen LogP contribution in [0.4, 0.5) is 5.69 Å². The molecule has 0 fully saturated rings. The first kappa shape index (κ1) is 16.3. The highest BCUT2D eigenvalue weighted by atomic mass is 16.5. The summed E-state index contributed by atoms with van der Waals surface area (Å²) in [4.78, 5) is 27.4. The molecule has 3 rings (SSSR count). The Morgan fingerprint density at radius 3 is 2.71 bits per heavy atom. The molecule has 0 unspecified atom stereocenters. The first-order chi connectivity index (χ1) is 11.7. The van der Waals surface area contributed by atoms with E-state index in [2.05, 4.69) is 10.3 Å². The minimum absolute atomic E-state index is 0.152. The first-order valence-corrected chi connectivity index (χ1v) is 8.17. The fourth-order valence-corrected chi connectivity index (χ4v) is 2.85. The number of aromatic amines is 1. The number of ether oxygens (including phenoxy) is 1. The number of fused-ring (bicyclic) bond motifs is 1. The summed E-state index contributed by atoms with van der Waals surface area (Å²) in [5.74, 6) is 0.283. The number of anilines is 1. The lowest BCUT2D eigenvalue weighted by Gasteiger charge is -2.16. The van der Waals surface area contributed by atoms with Gasteiger partial charge in [-0.2, -0.15) is 0 Å². The zero-order valence-electron chi connectivity index (χ0n) is 13.4. The van der Waals surface area contributed by atoms with Crippen LogP contribution in [0.1, 0.15) is 34.5 Å².